The zero-order chi connectivity index (χ0) is 22.1. The molecule has 0 aliphatic carbocycles. The molecule has 0 radical (unpaired) electrons. The highest BCUT2D eigenvalue weighted by molar-refractivity contribution is 7.98. The summed E-state index contributed by atoms with van der Waals surface area (Å²) in [5.74, 6) is -0.0365. The maximum Gasteiger partial charge on any atom is 0.410 e. The van der Waals surface area contributed by atoms with Gasteiger partial charge in [0.1, 0.15) is 11.4 Å². The zero-order valence-corrected chi connectivity index (χ0v) is 18.5. The summed E-state index contributed by atoms with van der Waals surface area (Å²) in [6, 6.07) is 1.75. The minimum atomic E-state index is -0.892. The number of nitrogens with zero attached hydrogens (tertiary/aromatic N) is 5. The van der Waals surface area contributed by atoms with Gasteiger partial charge in [0, 0.05) is 26.7 Å². The number of thioether (sulfide) groups is 1. The van der Waals surface area contributed by atoms with Crippen LogP contribution in [-0.2, 0) is 14.2 Å². The molecule has 0 aromatic carbocycles. The summed E-state index contributed by atoms with van der Waals surface area (Å²) in [6.45, 7) is 6.56. The van der Waals surface area contributed by atoms with Gasteiger partial charge in [-0.2, -0.15) is 5.26 Å². The highest BCUT2D eigenvalue weighted by atomic mass is 32.2. The molecule has 0 spiro atoms. The fourth-order valence-electron chi connectivity index (χ4n) is 3.41. The maximum atomic E-state index is 12.6. The smallest absolute Gasteiger partial charge is 0.410 e. The lowest BCUT2D eigenvalue weighted by Crippen LogP contribution is -2.56. The van der Waals surface area contributed by atoms with E-state index in [9.17, 15) is 14.9 Å². The molecule has 0 saturated carbocycles. The predicted octanol–water partition coefficient (Wildman–Crippen LogP) is 2.35. The topological polar surface area (TPSA) is 118 Å². The molecule has 30 heavy (non-hydrogen) atoms. The van der Waals surface area contributed by atoms with E-state index < -0.39 is 24.0 Å². The minimum absolute atomic E-state index is 0.140. The third-order valence-corrected chi connectivity index (χ3v) is 5.23. The van der Waals surface area contributed by atoms with Crippen LogP contribution in [-0.4, -0.2) is 71.6 Å². The second kappa shape index (κ2) is 8.65. The number of amides is 1. The third-order valence-electron chi connectivity index (χ3n) is 4.68. The second-order valence-electron chi connectivity index (χ2n) is 7.90. The fraction of sp³-hybridized carbons (Fsp3) is 0.632. The van der Waals surface area contributed by atoms with Crippen LogP contribution in [0.2, 0.25) is 0 Å². The van der Waals surface area contributed by atoms with Crippen LogP contribution in [0.25, 0.3) is 0 Å². The molecular weight excluding hydrogens is 410 g/mol. The molecule has 1 aromatic rings. The zero-order valence-electron chi connectivity index (χ0n) is 17.7. The van der Waals surface area contributed by atoms with Gasteiger partial charge >= 0.3 is 12.1 Å². The first-order chi connectivity index (χ1) is 14.2. The Hall–Kier alpha value is -2.58. The number of anilines is 1. The number of rotatable bonds is 4. The summed E-state index contributed by atoms with van der Waals surface area (Å²) in [7, 11) is 1.44. The number of esters is 1. The SMILES string of the molecule is COC1OC(=O)c2nc(SC)nc(N3CCN(C(=O)OC(C)(C)C)C(CC#N)C3)c21. The molecule has 2 atom stereocenters. The first-order valence-corrected chi connectivity index (χ1v) is 10.7. The van der Waals surface area contributed by atoms with E-state index in [0.29, 0.717) is 36.2 Å². The van der Waals surface area contributed by atoms with Crippen LogP contribution in [0.5, 0.6) is 0 Å². The Morgan fingerprint density at radius 2 is 2.10 bits per heavy atom. The van der Waals surface area contributed by atoms with E-state index >= 15 is 0 Å². The average Bonchev–Trinajstić information content (AvgIpc) is 3.02. The molecule has 0 bridgehead atoms. The quantitative estimate of drug-likeness (QED) is 0.396. The van der Waals surface area contributed by atoms with Crippen LogP contribution in [0.4, 0.5) is 10.6 Å². The molecule has 3 heterocycles. The molecule has 3 rings (SSSR count). The predicted molar refractivity (Wildman–Crippen MR) is 108 cm³/mol. The van der Waals surface area contributed by atoms with E-state index in [4.69, 9.17) is 14.2 Å². The Labute approximate surface area is 179 Å². The maximum absolute atomic E-state index is 12.6. The van der Waals surface area contributed by atoms with Crippen LogP contribution < -0.4 is 4.90 Å². The number of carbonyl (C=O) groups excluding carboxylic acids is 2. The fourth-order valence-corrected chi connectivity index (χ4v) is 3.77. The van der Waals surface area contributed by atoms with E-state index in [1.165, 1.54) is 18.9 Å². The first kappa shape index (κ1) is 22.1. The van der Waals surface area contributed by atoms with Crippen molar-refractivity contribution in [3.63, 3.8) is 0 Å². The van der Waals surface area contributed by atoms with Crippen molar-refractivity contribution in [2.24, 2.45) is 0 Å². The van der Waals surface area contributed by atoms with Crippen molar-refractivity contribution in [2.45, 2.75) is 50.3 Å². The van der Waals surface area contributed by atoms with Gasteiger partial charge in [0.25, 0.3) is 0 Å². The molecule has 2 aliphatic heterocycles. The van der Waals surface area contributed by atoms with Gasteiger partial charge in [-0.15, -0.1) is 0 Å². The number of carbonyl (C=O) groups is 2. The Bertz CT molecular complexity index is 881. The van der Waals surface area contributed by atoms with Gasteiger partial charge < -0.3 is 24.0 Å². The summed E-state index contributed by atoms with van der Waals surface area (Å²) in [5, 5.41) is 9.73. The third kappa shape index (κ3) is 4.44. The number of ether oxygens (including phenoxy) is 3. The number of aromatic nitrogens is 2. The molecule has 0 N–H and O–H groups in total. The second-order valence-corrected chi connectivity index (χ2v) is 8.68. The Balaban J connectivity index is 1.92. The standard InChI is InChI=1S/C19H25N5O5S/c1-19(2,3)29-18(26)24-9-8-23(10-11(24)6-7-20)14-12-13(21-17(22-14)30-5)15(25)28-16(12)27-4/h11,16H,6,8-10H2,1-5H3. The van der Waals surface area contributed by atoms with Crippen molar-refractivity contribution in [3.8, 4) is 6.07 Å². The van der Waals surface area contributed by atoms with Crippen molar-refractivity contribution in [3.05, 3.63) is 11.3 Å². The number of nitriles is 1. The van der Waals surface area contributed by atoms with E-state index in [-0.39, 0.29) is 18.2 Å². The first-order valence-electron chi connectivity index (χ1n) is 9.49. The monoisotopic (exact) mass is 435 g/mol. The van der Waals surface area contributed by atoms with Gasteiger partial charge in [-0.3, -0.25) is 0 Å². The van der Waals surface area contributed by atoms with Gasteiger partial charge in [-0.05, 0) is 27.0 Å². The molecule has 2 aliphatic rings. The highest BCUT2D eigenvalue weighted by Gasteiger charge is 2.41. The molecule has 1 amide bonds. The molecule has 1 fully saturated rings. The molecule has 1 saturated heterocycles. The van der Waals surface area contributed by atoms with Gasteiger partial charge in [0.15, 0.2) is 10.9 Å². The molecule has 11 heteroatoms. The molecule has 1 aromatic heterocycles. The number of cyclic esters (lactones) is 1. The van der Waals surface area contributed by atoms with E-state index in [2.05, 4.69) is 16.0 Å². The molecule has 162 valence electrons. The number of fused-ring (bicyclic) bond motifs is 1. The van der Waals surface area contributed by atoms with Crippen LogP contribution >= 0.6 is 11.8 Å². The van der Waals surface area contributed by atoms with E-state index in [1.54, 1.807) is 25.7 Å². The van der Waals surface area contributed by atoms with Gasteiger partial charge in [-0.25, -0.2) is 19.6 Å². The van der Waals surface area contributed by atoms with Crippen LogP contribution in [0.1, 0.15) is 49.5 Å². The van der Waals surface area contributed by atoms with Crippen LogP contribution in [0.3, 0.4) is 0 Å². The normalized spacial score (nSPS) is 21.1. The van der Waals surface area contributed by atoms with E-state index in [1.807, 2.05) is 11.2 Å². The lowest BCUT2D eigenvalue weighted by atomic mass is 10.1. The summed E-state index contributed by atoms with van der Waals surface area (Å²) in [5.41, 5.74) is 0.0273. The lowest BCUT2D eigenvalue weighted by molar-refractivity contribution is -0.0815. The van der Waals surface area contributed by atoms with E-state index in [0.717, 1.165) is 0 Å². The Kier molecular flexibility index (Phi) is 6.38. The number of hydrogen-bond acceptors (Lipinski definition) is 10. The molecule has 2 unspecified atom stereocenters. The lowest BCUT2D eigenvalue weighted by Gasteiger charge is -2.41. The molecule has 10 nitrogen and oxygen atoms in total. The van der Waals surface area contributed by atoms with Gasteiger partial charge in [-0.1, -0.05) is 11.8 Å². The van der Waals surface area contributed by atoms with Crippen LogP contribution in [0.15, 0.2) is 5.16 Å². The summed E-state index contributed by atoms with van der Waals surface area (Å²) in [4.78, 5) is 37.3. The summed E-state index contributed by atoms with van der Waals surface area (Å²) < 4.78 is 16.1. The van der Waals surface area contributed by atoms with Crippen molar-refractivity contribution >= 4 is 29.6 Å². The largest absolute Gasteiger partial charge is 0.444 e. The average molecular weight is 436 g/mol. The Morgan fingerprint density at radius 1 is 1.37 bits per heavy atom. The minimum Gasteiger partial charge on any atom is -0.444 e. The molecular formula is C19H25N5O5S. The number of methoxy groups -OCH3 is 1. The number of piperazine rings is 1. The summed E-state index contributed by atoms with van der Waals surface area (Å²) >= 11 is 1.31. The van der Waals surface area contributed by atoms with Crippen LogP contribution in [0, 0.1) is 11.3 Å². The van der Waals surface area contributed by atoms with Crippen molar-refractivity contribution in [1.29, 1.82) is 5.26 Å². The van der Waals surface area contributed by atoms with Crippen molar-refractivity contribution in [2.75, 3.05) is 37.9 Å². The highest BCUT2D eigenvalue weighted by Crippen LogP contribution is 2.38. The van der Waals surface area contributed by atoms with Crippen molar-refractivity contribution in [1.82, 2.24) is 14.9 Å². The summed E-state index contributed by atoms with van der Waals surface area (Å²) in [6.07, 6.45) is 0.616. The van der Waals surface area contributed by atoms with Gasteiger partial charge in [0.05, 0.1) is 24.1 Å². The van der Waals surface area contributed by atoms with Gasteiger partial charge in [0.2, 0.25) is 6.29 Å². The van der Waals surface area contributed by atoms with Crippen molar-refractivity contribution < 1.29 is 23.8 Å². The number of hydrogen-bond donors (Lipinski definition) is 0. The Morgan fingerprint density at radius 3 is 2.70 bits per heavy atom.